The average Bonchev–Trinajstić information content (AvgIpc) is 2.95. The van der Waals surface area contributed by atoms with Crippen molar-refractivity contribution in [1.29, 1.82) is 0 Å². The topological polar surface area (TPSA) is 86.8 Å². The van der Waals surface area contributed by atoms with Gasteiger partial charge in [-0.25, -0.2) is 8.42 Å². The van der Waals surface area contributed by atoms with Crippen LogP contribution in [0.3, 0.4) is 0 Å². The van der Waals surface area contributed by atoms with Gasteiger partial charge in [-0.05, 0) is 62.2 Å². The van der Waals surface area contributed by atoms with Crippen molar-refractivity contribution < 1.29 is 18.0 Å². The highest BCUT2D eigenvalue weighted by Crippen LogP contribution is 2.31. The van der Waals surface area contributed by atoms with Crippen molar-refractivity contribution in [1.82, 2.24) is 10.2 Å². The van der Waals surface area contributed by atoms with E-state index in [2.05, 4.69) is 5.32 Å². The Labute approximate surface area is 266 Å². The number of hydrogen-bond acceptors (Lipinski definition) is 4. The van der Waals surface area contributed by atoms with Gasteiger partial charge in [0.1, 0.15) is 12.6 Å². The van der Waals surface area contributed by atoms with Crippen LogP contribution >= 0.6 is 46.4 Å². The average molecular weight is 671 g/mol. The molecule has 1 aliphatic rings. The Bertz CT molecular complexity index is 1490. The van der Waals surface area contributed by atoms with Gasteiger partial charge in [-0.2, -0.15) is 0 Å². The smallest absolute Gasteiger partial charge is 0.264 e. The molecule has 224 valence electrons. The van der Waals surface area contributed by atoms with E-state index in [0.717, 1.165) is 36.4 Å². The first-order valence-electron chi connectivity index (χ1n) is 13.5. The molecule has 1 atom stereocenters. The van der Waals surface area contributed by atoms with Crippen molar-refractivity contribution in [3.05, 3.63) is 92.4 Å². The summed E-state index contributed by atoms with van der Waals surface area (Å²) in [4.78, 5) is 28.8. The van der Waals surface area contributed by atoms with Crippen LogP contribution < -0.4 is 9.62 Å². The van der Waals surface area contributed by atoms with Crippen molar-refractivity contribution in [2.24, 2.45) is 0 Å². The zero-order valence-electron chi connectivity index (χ0n) is 22.9. The summed E-state index contributed by atoms with van der Waals surface area (Å²) in [6.45, 7) is 0.843. The van der Waals surface area contributed by atoms with Crippen molar-refractivity contribution in [3.63, 3.8) is 0 Å². The zero-order chi connectivity index (χ0) is 30.4. The summed E-state index contributed by atoms with van der Waals surface area (Å²) < 4.78 is 28.7. The van der Waals surface area contributed by atoms with E-state index in [-0.39, 0.29) is 39.1 Å². The quantitative estimate of drug-likeness (QED) is 0.244. The third-order valence-corrected chi connectivity index (χ3v) is 10.2. The van der Waals surface area contributed by atoms with Crippen molar-refractivity contribution >= 4 is 73.9 Å². The van der Waals surface area contributed by atoms with E-state index >= 15 is 0 Å². The molecule has 3 aromatic rings. The predicted molar refractivity (Wildman–Crippen MR) is 169 cm³/mol. The molecule has 0 aromatic heterocycles. The predicted octanol–water partition coefficient (Wildman–Crippen LogP) is 7.36. The Balaban J connectivity index is 1.72. The van der Waals surface area contributed by atoms with Crippen LogP contribution in [0.1, 0.15) is 44.6 Å². The van der Waals surface area contributed by atoms with E-state index < -0.39 is 28.5 Å². The van der Waals surface area contributed by atoms with E-state index in [9.17, 15) is 18.0 Å². The number of carbonyl (C=O) groups excluding carboxylic acids is 2. The number of amides is 2. The molecule has 1 fully saturated rings. The fraction of sp³-hybridized carbons (Fsp3) is 0.333. The first-order chi connectivity index (χ1) is 20.0. The number of nitrogens with zero attached hydrogens (tertiary/aromatic N) is 2. The molecule has 0 unspecified atom stereocenters. The van der Waals surface area contributed by atoms with Crippen LogP contribution in [0.4, 0.5) is 5.69 Å². The monoisotopic (exact) mass is 669 g/mol. The standard InChI is InChI=1S/C30H31Cl4N3O4S/c1-20(30(39)35-23-9-4-2-5-10-23)36(18-26-27(33)13-8-14-28(26)34)29(38)19-37(24-16-21(31)15-22(32)17-24)42(40,41)25-11-6-3-7-12-25/h3,6-8,11-17,20,23H,2,4-5,9-10,18-19H2,1H3,(H,35,39)/t20-/m1/s1. The maximum Gasteiger partial charge on any atom is 0.264 e. The number of sulfonamides is 1. The largest absolute Gasteiger partial charge is 0.352 e. The maximum absolute atomic E-state index is 14.1. The lowest BCUT2D eigenvalue weighted by Gasteiger charge is -2.33. The minimum Gasteiger partial charge on any atom is -0.352 e. The highest BCUT2D eigenvalue weighted by atomic mass is 35.5. The van der Waals surface area contributed by atoms with Crippen LogP contribution in [0, 0.1) is 0 Å². The van der Waals surface area contributed by atoms with E-state index in [1.165, 1.54) is 35.2 Å². The number of carbonyl (C=O) groups is 2. The number of anilines is 1. The van der Waals surface area contributed by atoms with Crippen LogP contribution in [0.5, 0.6) is 0 Å². The minimum atomic E-state index is -4.26. The fourth-order valence-corrected chi connectivity index (χ4v) is 7.39. The summed E-state index contributed by atoms with van der Waals surface area (Å²) in [5, 5.41) is 4.08. The summed E-state index contributed by atoms with van der Waals surface area (Å²) in [7, 11) is -4.26. The molecule has 0 bridgehead atoms. The van der Waals surface area contributed by atoms with Gasteiger partial charge in [-0.3, -0.25) is 13.9 Å². The molecule has 7 nitrogen and oxygen atoms in total. The molecule has 1 N–H and O–H groups in total. The van der Waals surface area contributed by atoms with Crippen LogP contribution in [-0.4, -0.2) is 43.8 Å². The number of nitrogens with one attached hydrogen (secondary N) is 1. The zero-order valence-corrected chi connectivity index (χ0v) is 26.7. The summed E-state index contributed by atoms with van der Waals surface area (Å²) in [6.07, 6.45) is 4.89. The van der Waals surface area contributed by atoms with Crippen molar-refractivity contribution in [2.75, 3.05) is 10.8 Å². The molecule has 0 saturated heterocycles. The molecule has 0 spiro atoms. The second kappa shape index (κ2) is 14.3. The molecular weight excluding hydrogens is 640 g/mol. The Hall–Kier alpha value is -2.49. The van der Waals surface area contributed by atoms with Crippen LogP contribution in [0.25, 0.3) is 0 Å². The molecule has 2 amide bonds. The van der Waals surface area contributed by atoms with Gasteiger partial charge in [0.15, 0.2) is 0 Å². The van der Waals surface area contributed by atoms with E-state index in [1.807, 2.05) is 0 Å². The summed E-state index contributed by atoms with van der Waals surface area (Å²) in [5.74, 6) is -0.991. The molecule has 1 aliphatic carbocycles. The lowest BCUT2D eigenvalue weighted by Crippen LogP contribution is -2.53. The fourth-order valence-electron chi connectivity index (χ4n) is 4.94. The Kier molecular flexibility index (Phi) is 11.1. The summed E-state index contributed by atoms with van der Waals surface area (Å²) in [6, 6.07) is 16.0. The van der Waals surface area contributed by atoms with Crippen LogP contribution in [0.2, 0.25) is 20.1 Å². The SMILES string of the molecule is C[C@H](C(=O)NC1CCCCC1)N(Cc1c(Cl)cccc1Cl)C(=O)CN(c1cc(Cl)cc(Cl)c1)S(=O)(=O)c1ccccc1. The van der Waals surface area contributed by atoms with Gasteiger partial charge < -0.3 is 10.2 Å². The van der Waals surface area contributed by atoms with Gasteiger partial charge in [-0.1, -0.05) is 89.9 Å². The Morgan fingerprint density at radius 2 is 1.48 bits per heavy atom. The van der Waals surface area contributed by atoms with Crippen LogP contribution in [-0.2, 0) is 26.2 Å². The third kappa shape index (κ3) is 7.91. The van der Waals surface area contributed by atoms with E-state index in [0.29, 0.717) is 15.6 Å². The molecule has 1 saturated carbocycles. The second-order valence-electron chi connectivity index (χ2n) is 10.2. The van der Waals surface area contributed by atoms with Gasteiger partial charge in [0.2, 0.25) is 11.8 Å². The van der Waals surface area contributed by atoms with Gasteiger partial charge in [-0.15, -0.1) is 0 Å². The third-order valence-electron chi connectivity index (χ3n) is 7.25. The number of hydrogen-bond donors (Lipinski definition) is 1. The first-order valence-corrected chi connectivity index (χ1v) is 16.5. The molecule has 3 aromatic carbocycles. The van der Waals surface area contributed by atoms with Crippen molar-refractivity contribution in [2.45, 2.75) is 62.6 Å². The molecule has 0 heterocycles. The van der Waals surface area contributed by atoms with E-state index in [1.54, 1.807) is 43.3 Å². The highest BCUT2D eigenvalue weighted by molar-refractivity contribution is 7.92. The number of benzene rings is 3. The summed E-state index contributed by atoms with van der Waals surface area (Å²) >= 11 is 25.4. The lowest BCUT2D eigenvalue weighted by atomic mass is 9.95. The number of halogens is 4. The van der Waals surface area contributed by atoms with E-state index in [4.69, 9.17) is 46.4 Å². The minimum absolute atomic E-state index is 0.0121. The van der Waals surface area contributed by atoms with Gasteiger partial charge >= 0.3 is 0 Å². The van der Waals surface area contributed by atoms with Gasteiger partial charge in [0, 0.05) is 38.2 Å². The lowest BCUT2D eigenvalue weighted by molar-refractivity contribution is -0.139. The maximum atomic E-state index is 14.1. The molecule has 12 heteroatoms. The highest BCUT2D eigenvalue weighted by Gasteiger charge is 2.34. The Morgan fingerprint density at radius 1 is 0.881 bits per heavy atom. The van der Waals surface area contributed by atoms with Crippen LogP contribution in [0.15, 0.2) is 71.6 Å². The van der Waals surface area contributed by atoms with Gasteiger partial charge in [0.05, 0.1) is 10.6 Å². The molecule has 0 aliphatic heterocycles. The molecule has 42 heavy (non-hydrogen) atoms. The molecule has 0 radical (unpaired) electrons. The first kappa shape index (κ1) is 32.4. The van der Waals surface area contributed by atoms with Crippen molar-refractivity contribution in [3.8, 4) is 0 Å². The Morgan fingerprint density at radius 3 is 2.07 bits per heavy atom. The number of rotatable bonds is 10. The second-order valence-corrected chi connectivity index (χ2v) is 13.7. The normalized spacial score (nSPS) is 14.7. The summed E-state index contributed by atoms with van der Waals surface area (Å²) in [5.41, 5.74) is 0.537. The molecular formula is C30H31Cl4N3O4S. The molecule has 4 rings (SSSR count). The van der Waals surface area contributed by atoms with Gasteiger partial charge in [0.25, 0.3) is 10.0 Å².